The molecular weight excluding hydrogens is 1190 g/mol. The summed E-state index contributed by atoms with van der Waals surface area (Å²) in [5.41, 5.74) is 5.60. The number of ether oxygens (including phenoxy) is 4. The molecule has 4 aromatic rings. The van der Waals surface area contributed by atoms with Gasteiger partial charge in [-0.3, -0.25) is 0 Å². The lowest BCUT2D eigenvalue weighted by Crippen LogP contribution is -2.49. The van der Waals surface area contributed by atoms with E-state index < -0.39 is 32.1 Å². The number of carbonyl (C=O) groups is 3. The van der Waals surface area contributed by atoms with Crippen molar-refractivity contribution in [2.45, 2.75) is 60.9 Å². The number of hydrogen-bond acceptors (Lipinski definition) is 13. The molecule has 0 saturated carbocycles. The fourth-order valence-corrected chi connectivity index (χ4v) is 12.8. The number of likely N-dealkylation sites (N-methyl/N-ethyl adjacent to an activating group) is 2. The predicted octanol–water partition coefficient (Wildman–Crippen LogP) is 6.58. The van der Waals surface area contributed by atoms with Gasteiger partial charge >= 0.3 is 18.1 Å². The third-order valence-corrected chi connectivity index (χ3v) is 17.7. The van der Waals surface area contributed by atoms with E-state index in [4.69, 9.17) is 65.4 Å². The molecule has 0 radical (unpaired) electrons. The third-order valence-electron chi connectivity index (χ3n) is 13.7. The summed E-state index contributed by atoms with van der Waals surface area (Å²) >= 11 is 25.8. The second-order valence-electron chi connectivity index (χ2n) is 20.1. The average Bonchev–Trinajstić information content (AvgIpc) is 3.63. The number of benzene rings is 4. The molecule has 4 aromatic carbocycles. The Bertz CT molecular complexity index is 2810. The lowest BCUT2D eigenvalue weighted by Gasteiger charge is -2.33. The number of halogens is 4. The second-order valence-corrected chi connectivity index (χ2v) is 25.3. The van der Waals surface area contributed by atoms with Crippen LogP contribution in [0.5, 0.6) is 0 Å². The topological polar surface area (TPSA) is 250 Å². The summed E-state index contributed by atoms with van der Waals surface area (Å²) in [6.45, 7) is 7.96. The standard InChI is InChI=1S/C56H78Cl4N10O11S2/c1-4-5-6-13-65-56(73)70(20-14-61-54(71)63-16-22-78-26-28-80-24-18-66-82(74,75)44-11-7-9-40(30-44)48-36-68(2)38-50-46(48)32-42(57)34-52(50)59)21-15-62-55(72)64-17-23-79-27-29-81-25-19-67-83(76,77)45-12-8-10-41(31-45)49-37-69(3)39-51-47(49)33-43(58)35-53(51)60/h7-12,30-35,48-49,66-67H,4-6,13-29,36-39H2,1-3H3,(H,65,73)(H2,61,63,71)(H2,62,64,72)/t48-,49-/m0/s1. The Balaban J connectivity index is 0.778. The second kappa shape index (κ2) is 34.5. The van der Waals surface area contributed by atoms with Gasteiger partial charge in [-0.25, -0.2) is 40.7 Å². The highest BCUT2D eigenvalue weighted by molar-refractivity contribution is 7.89. The van der Waals surface area contributed by atoms with Gasteiger partial charge in [-0.2, -0.15) is 0 Å². The van der Waals surface area contributed by atoms with Crippen molar-refractivity contribution >= 4 is 84.5 Å². The maximum absolute atomic E-state index is 13.2. The van der Waals surface area contributed by atoms with Gasteiger partial charge in [-0.1, -0.05) is 90.4 Å². The number of rotatable bonds is 34. The van der Waals surface area contributed by atoms with Crippen LogP contribution in [0.3, 0.4) is 0 Å². The molecule has 0 fully saturated rings. The molecule has 6 rings (SSSR count). The quantitative estimate of drug-likeness (QED) is 0.0245. The maximum atomic E-state index is 13.2. The van der Waals surface area contributed by atoms with E-state index in [0.29, 0.717) is 52.8 Å². The first kappa shape index (κ1) is 67.6. The van der Waals surface area contributed by atoms with Crippen LogP contribution in [0, 0.1) is 0 Å². The lowest BCUT2D eigenvalue weighted by atomic mass is 9.85. The number of unbranched alkanes of at least 4 members (excludes halogenated alkanes) is 2. The molecule has 0 saturated heterocycles. The molecule has 2 aliphatic heterocycles. The number of amides is 6. The lowest BCUT2D eigenvalue weighted by molar-refractivity contribution is 0.0516. The van der Waals surface area contributed by atoms with E-state index in [1.54, 1.807) is 48.5 Å². The minimum atomic E-state index is -3.83. The van der Waals surface area contributed by atoms with E-state index in [0.717, 1.165) is 52.6 Å². The Morgan fingerprint density at radius 2 is 0.940 bits per heavy atom. The highest BCUT2D eigenvalue weighted by Crippen LogP contribution is 2.40. The number of nitrogens with zero attached hydrogens (tertiary/aromatic N) is 3. The SMILES string of the molecule is CCCCCNC(=O)N(CCNC(=O)NCCOCCOCCNS(=O)(=O)c1cccc([C@@H]2CN(C)Cc3c(Cl)cc(Cl)cc32)c1)CCNC(=O)NCCOCCOCCNS(=O)(=O)c1cccc([C@@H]2CN(C)Cc3c(Cl)cc(Cl)cc32)c1. The van der Waals surface area contributed by atoms with Gasteiger partial charge < -0.3 is 60.2 Å². The van der Waals surface area contributed by atoms with E-state index in [2.05, 4.69) is 52.8 Å². The van der Waals surface area contributed by atoms with Gasteiger partial charge in [0.1, 0.15) is 0 Å². The average molecular weight is 1270 g/mol. The molecule has 0 spiro atoms. The zero-order valence-electron chi connectivity index (χ0n) is 47.2. The summed E-state index contributed by atoms with van der Waals surface area (Å²) in [4.78, 5) is 44.1. The van der Waals surface area contributed by atoms with Crippen LogP contribution in [0.25, 0.3) is 0 Å². The maximum Gasteiger partial charge on any atom is 0.317 e. The molecule has 458 valence electrons. The van der Waals surface area contributed by atoms with Gasteiger partial charge in [0.05, 0.1) is 62.6 Å². The summed E-state index contributed by atoms with van der Waals surface area (Å²) in [7, 11) is -3.66. The molecule has 7 N–H and O–H groups in total. The van der Waals surface area contributed by atoms with Gasteiger partial charge in [0.15, 0.2) is 0 Å². The number of sulfonamides is 2. The van der Waals surface area contributed by atoms with Crippen molar-refractivity contribution in [2.75, 3.05) is 139 Å². The molecule has 83 heavy (non-hydrogen) atoms. The number of urea groups is 3. The monoisotopic (exact) mass is 1270 g/mol. The summed E-state index contributed by atoms with van der Waals surface area (Å²) < 4.78 is 80.3. The first-order valence-electron chi connectivity index (χ1n) is 27.7. The van der Waals surface area contributed by atoms with Crippen LogP contribution in [0.2, 0.25) is 20.1 Å². The van der Waals surface area contributed by atoms with Crippen molar-refractivity contribution < 1.29 is 50.2 Å². The van der Waals surface area contributed by atoms with Crippen molar-refractivity contribution in [1.82, 2.24) is 50.7 Å². The van der Waals surface area contributed by atoms with Crippen LogP contribution in [0.15, 0.2) is 82.6 Å². The summed E-state index contributed by atoms with van der Waals surface area (Å²) in [5.74, 6) is -0.222. The van der Waals surface area contributed by atoms with E-state index in [9.17, 15) is 31.2 Å². The van der Waals surface area contributed by atoms with Gasteiger partial charge in [0.25, 0.3) is 0 Å². The Labute approximate surface area is 508 Å². The van der Waals surface area contributed by atoms with Crippen molar-refractivity contribution in [1.29, 1.82) is 0 Å². The first-order chi connectivity index (χ1) is 39.8. The van der Waals surface area contributed by atoms with Gasteiger partial charge in [-0.05, 0) is 102 Å². The zero-order valence-corrected chi connectivity index (χ0v) is 51.9. The number of fused-ring (bicyclic) bond motifs is 2. The fraction of sp³-hybridized carbons (Fsp3) is 0.518. The zero-order chi connectivity index (χ0) is 59.8. The fourth-order valence-electron chi connectivity index (χ4n) is 9.57. The van der Waals surface area contributed by atoms with Crippen LogP contribution in [-0.2, 0) is 52.1 Å². The van der Waals surface area contributed by atoms with Crippen LogP contribution >= 0.6 is 46.4 Å². The van der Waals surface area contributed by atoms with E-state index >= 15 is 0 Å². The highest BCUT2D eigenvalue weighted by Gasteiger charge is 2.30. The molecule has 0 bridgehead atoms. The summed E-state index contributed by atoms with van der Waals surface area (Å²) in [6.07, 6.45) is 2.78. The van der Waals surface area contributed by atoms with E-state index in [1.807, 2.05) is 38.4 Å². The van der Waals surface area contributed by atoms with Crippen LogP contribution < -0.4 is 36.0 Å². The molecule has 21 nitrogen and oxygen atoms in total. The number of carbonyl (C=O) groups excluding carboxylic acids is 3. The number of nitrogens with one attached hydrogen (secondary N) is 7. The van der Waals surface area contributed by atoms with E-state index in [-0.39, 0.29) is 133 Å². The highest BCUT2D eigenvalue weighted by atomic mass is 35.5. The minimum Gasteiger partial charge on any atom is -0.378 e. The molecule has 0 unspecified atom stereocenters. The largest absolute Gasteiger partial charge is 0.378 e. The van der Waals surface area contributed by atoms with Gasteiger partial charge in [-0.15, -0.1) is 0 Å². The Kier molecular flexibility index (Phi) is 28.1. The Hall–Kier alpha value is -4.57. The van der Waals surface area contributed by atoms with Crippen molar-refractivity contribution in [3.05, 3.63) is 126 Å². The molecule has 2 aliphatic rings. The molecule has 6 amide bonds. The third kappa shape index (κ3) is 22.0. The summed E-state index contributed by atoms with van der Waals surface area (Å²) in [6, 6.07) is 19.8. The van der Waals surface area contributed by atoms with Crippen molar-refractivity contribution in [3.63, 3.8) is 0 Å². The van der Waals surface area contributed by atoms with Crippen LogP contribution in [0.1, 0.15) is 71.4 Å². The van der Waals surface area contributed by atoms with Gasteiger partial charge in [0, 0.05) is 117 Å². The molecular formula is C56H78Cl4N10O11S2. The van der Waals surface area contributed by atoms with Crippen molar-refractivity contribution in [3.8, 4) is 0 Å². The molecule has 2 atom stereocenters. The predicted molar refractivity (Wildman–Crippen MR) is 323 cm³/mol. The normalized spacial score (nSPS) is 15.5. The Morgan fingerprint density at radius 1 is 0.530 bits per heavy atom. The molecule has 2 heterocycles. The van der Waals surface area contributed by atoms with Crippen LogP contribution in [0.4, 0.5) is 14.4 Å². The number of hydrogen-bond donors (Lipinski definition) is 7. The first-order valence-corrected chi connectivity index (χ1v) is 32.2. The molecule has 0 aliphatic carbocycles. The Morgan fingerprint density at radius 3 is 1.36 bits per heavy atom. The smallest absolute Gasteiger partial charge is 0.317 e. The molecule has 0 aromatic heterocycles. The minimum absolute atomic E-state index is 0.0534. The summed E-state index contributed by atoms with van der Waals surface area (Å²) in [5, 5.41) is 16.0. The van der Waals surface area contributed by atoms with Crippen LogP contribution in [-0.4, -0.2) is 189 Å². The van der Waals surface area contributed by atoms with Gasteiger partial charge in [0.2, 0.25) is 20.0 Å². The van der Waals surface area contributed by atoms with Crippen molar-refractivity contribution in [2.24, 2.45) is 0 Å². The molecule has 27 heteroatoms. The van der Waals surface area contributed by atoms with E-state index in [1.165, 1.54) is 4.90 Å².